The molecular formula is C64H45N5OPt-2. The first-order valence-corrected chi connectivity index (χ1v) is 23.2. The first-order valence-electron chi connectivity index (χ1n) is 27.2. The first kappa shape index (κ1) is 35.7. The van der Waals surface area contributed by atoms with Crippen LogP contribution in [0.2, 0.25) is 0 Å². The van der Waals surface area contributed by atoms with Crippen molar-refractivity contribution in [3.8, 4) is 56.6 Å². The monoisotopic (exact) mass is 1100 g/mol. The van der Waals surface area contributed by atoms with Gasteiger partial charge >= 0.3 is 0 Å². The Hall–Kier alpha value is -8.31. The minimum atomic E-state index is -0.524. The molecule has 9 aromatic carbocycles. The predicted octanol–water partition coefficient (Wildman–Crippen LogP) is 15.2. The molecule has 0 saturated carbocycles. The van der Waals surface area contributed by atoms with E-state index in [9.17, 15) is 5.48 Å². The van der Waals surface area contributed by atoms with E-state index in [0.717, 1.165) is 61.9 Å². The molecule has 0 aliphatic heterocycles. The van der Waals surface area contributed by atoms with Gasteiger partial charge in [0.2, 0.25) is 0 Å². The summed E-state index contributed by atoms with van der Waals surface area (Å²) >= 11 is 0. The molecule has 0 bridgehead atoms. The second kappa shape index (κ2) is 18.2. The number of rotatable bonds is 10. The Kier molecular flexibility index (Phi) is 9.17. The molecule has 0 spiro atoms. The van der Waals surface area contributed by atoms with Crippen LogP contribution in [0.4, 0.5) is 0 Å². The maximum atomic E-state index is 9.46. The van der Waals surface area contributed by atoms with Crippen LogP contribution in [0.1, 0.15) is 30.4 Å². The number of imidazole rings is 1. The molecule has 4 heterocycles. The van der Waals surface area contributed by atoms with Gasteiger partial charge in [0, 0.05) is 55.1 Å². The number of pyridine rings is 1. The Morgan fingerprint density at radius 2 is 1.23 bits per heavy atom. The predicted molar refractivity (Wildman–Crippen MR) is 284 cm³/mol. The Morgan fingerprint density at radius 3 is 1.93 bits per heavy atom. The number of fused-ring (bicyclic) bond motifs is 7. The van der Waals surface area contributed by atoms with Crippen molar-refractivity contribution in [2.75, 3.05) is 0 Å². The summed E-state index contributed by atoms with van der Waals surface area (Å²) in [6.45, 7) is 4.32. The van der Waals surface area contributed by atoms with Gasteiger partial charge in [-0.05, 0) is 87.2 Å². The zero-order valence-electron chi connectivity index (χ0n) is 46.4. The van der Waals surface area contributed by atoms with Crippen LogP contribution in [0.25, 0.3) is 99.8 Å². The van der Waals surface area contributed by atoms with Gasteiger partial charge in [0.25, 0.3) is 6.33 Å². The molecule has 0 atom stereocenters. The van der Waals surface area contributed by atoms with E-state index in [1.165, 1.54) is 0 Å². The quantitative estimate of drug-likeness (QED) is 0.101. The van der Waals surface area contributed by atoms with E-state index in [1.807, 2.05) is 112 Å². The van der Waals surface area contributed by atoms with Gasteiger partial charge in [-0.15, -0.1) is 24.3 Å². The number of benzene rings is 9. The normalized spacial score (nSPS) is 13.2. The molecule has 71 heavy (non-hydrogen) atoms. The second-order valence-corrected chi connectivity index (χ2v) is 17.7. The summed E-state index contributed by atoms with van der Waals surface area (Å²) in [5, 5.41) is 1.25. The minimum absolute atomic E-state index is 0. The van der Waals surface area contributed by atoms with Gasteiger partial charge < -0.3 is 18.4 Å². The molecule has 13 rings (SSSR count). The topological polar surface area (TPSA) is 40.8 Å². The van der Waals surface area contributed by atoms with Crippen molar-refractivity contribution in [1.29, 1.82) is 0 Å². The Labute approximate surface area is 437 Å². The fourth-order valence-electron chi connectivity index (χ4n) is 9.91. The molecule has 0 aliphatic carbocycles. The second-order valence-electron chi connectivity index (χ2n) is 17.7. The van der Waals surface area contributed by atoms with Gasteiger partial charge in [-0.1, -0.05) is 182 Å². The largest absolute Gasteiger partial charge is 0.510 e. The maximum absolute atomic E-state index is 9.46. The van der Waals surface area contributed by atoms with Crippen molar-refractivity contribution in [1.82, 2.24) is 18.7 Å². The molecule has 0 saturated heterocycles. The standard InChI is InChI=1S/C64H45N5O.Pt/c1-43(2)37-44-35-36-65-62(38-44)69-57-32-14-11-27-54(57)63-60(68-55-30-12-9-25-52(55)53-26-10-13-31-56(53)68)40-49(41-61(63)69)70-48-24-17-23-47(39-48)66-42-67(59-34-16-15-33-58(59)66)64-50(45-19-5-3-6-20-45)28-18-29-51(64)46-21-7-4-8-22-46;/h3-36,38,40,43H,37H2,1-2H3;/q-2;/i9D,10D,12D,13D,25D,26D,30D,31D;. The number of hydrogen-bond acceptors (Lipinski definition) is 2. The first-order chi connectivity index (χ1) is 37.9. The van der Waals surface area contributed by atoms with Crippen molar-refractivity contribution in [3.05, 3.63) is 242 Å². The Bertz CT molecular complexity index is 4460. The third kappa shape index (κ3) is 7.63. The molecule has 6 nitrogen and oxygen atoms in total. The molecule has 7 heteroatoms. The van der Waals surface area contributed by atoms with Gasteiger partial charge in [0.1, 0.15) is 5.82 Å². The van der Waals surface area contributed by atoms with E-state index in [2.05, 4.69) is 85.4 Å². The van der Waals surface area contributed by atoms with E-state index >= 15 is 0 Å². The summed E-state index contributed by atoms with van der Waals surface area (Å²) < 4.78 is 87.2. The van der Waals surface area contributed by atoms with Gasteiger partial charge in [0.05, 0.1) is 38.7 Å². The summed E-state index contributed by atoms with van der Waals surface area (Å²) in [7, 11) is 0. The average molecular weight is 1100 g/mol. The molecule has 13 aromatic rings. The number of aromatic nitrogens is 5. The van der Waals surface area contributed by atoms with Crippen molar-refractivity contribution in [2.24, 2.45) is 5.92 Å². The van der Waals surface area contributed by atoms with Crippen LogP contribution in [0.15, 0.2) is 218 Å². The molecule has 344 valence electrons. The molecule has 0 aliphatic rings. The fraction of sp³-hybridized carbons (Fsp3) is 0.0625. The summed E-state index contributed by atoms with van der Waals surface area (Å²) in [6, 6.07) is 57.6. The minimum Gasteiger partial charge on any atom is -0.510 e. The van der Waals surface area contributed by atoms with Crippen molar-refractivity contribution < 1.29 is 41.3 Å². The van der Waals surface area contributed by atoms with Gasteiger partial charge in [-0.2, -0.15) is 12.1 Å². The summed E-state index contributed by atoms with van der Waals surface area (Å²) in [5.74, 6) is 1.46. The Balaban J connectivity index is 0.00000623. The van der Waals surface area contributed by atoms with Crippen LogP contribution < -0.4 is 9.30 Å². The van der Waals surface area contributed by atoms with Crippen LogP contribution in [-0.2, 0) is 27.5 Å². The zero-order chi connectivity index (χ0) is 53.7. The van der Waals surface area contributed by atoms with Gasteiger partial charge in [0.15, 0.2) is 0 Å². The molecule has 0 unspecified atom stereocenters. The summed E-state index contributed by atoms with van der Waals surface area (Å²) in [4.78, 5) is 4.91. The Morgan fingerprint density at radius 1 is 0.592 bits per heavy atom. The van der Waals surface area contributed by atoms with E-state index < -0.39 is 48.3 Å². The smallest absolute Gasteiger partial charge is 0.268 e. The number of nitrogens with zero attached hydrogens (tertiary/aromatic N) is 5. The molecule has 4 aromatic heterocycles. The van der Waals surface area contributed by atoms with Crippen LogP contribution in [-0.4, -0.2) is 18.7 Å². The SMILES string of the molecule is [2H]c1c([2H])c([2H])c2c(c1[2H])c1c([2H])c([2H])c([2H])c([2H])c1n2-c1cc(Oc2[c-]c(-n3[c-][n+](-c4c(-c5ccccc5)cccc4-c4ccccc4)c4ccccc43)ccc2)[c-]c2c1c1ccccc1n2-c1cc(CC(C)C)ccn1.[Pt]. The van der Waals surface area contributed by atoms with E-state index in [1.54, 1.807) is 22.9 Å². The molecule has 0 radical (unpaired) electrons. The molecule has 0 amide bonds. The van der Waals surface area contributed by atoms with Gasteiger partial charge in [-0.3, -0.25) is 4.57 Å². The zero-order valence-corrected chi connectivity index (χ0v) is 40.7. The van der Waals surface area contributed by atoms with Crippen molar-refractivity contribution in [2.45, 2.75) is 20.3 Å². The third-order valence-electron chi connectivity index (χ3n) is 12.8. The average Bonchev–Trinajstić information content (AvgIpc) is 3.37. The van der Waals surface area contributed by atoms with Crippen LogP contribution in [0, 0.1) is 24.4 Å². The van der Waals surface area contributed by atoms with Crippen LogP contribution >= 0.6 is 0 Å². The van der Waals surface area contributed by atoms with E-state index in [4.69, 9.17) is 15.2 Å². The summed E-state index contributed by atoms with van der Waals surface area (Å²) in [5.41, 5.74) is 10.1. The number of hydrogen-bond donors (Lipinski definition) is 0. The van der Waals surface area contributed by atoms with E-state index in [0.29, 0.717) is 39.8 Å². The van der Waals surface area contributed by atoms with Gasteiger partial charge in [-0.25, -0.2) is 4.98 Å². The van der Waals surface area contributed by atoms with Crippen molar-refractivity contribution in [3.63, 3.8) is 0 Å². The molecule has 0 fully saturated rings. The van der Waals surface area contributed by atoms with E-state index in [-0.39, 0.29) is 48.6 Å². The van der Waals surface area contributed by atoms with Crippen molar-refractivity contribution >= 4 is 54.6 Å². The number of ether oxygens (including phenoxy) is 1. The van der Waals surface area contributed by atoms with Crippen LogP contribution in [0.3, 0.4) is 0 Å². The fourth-order valence-corrected chi connectivity index (χ4v) is 9.91. The summed E-state index contributed by atoms with van der Waals surface area (Å²) in [6.07, 6.45) is 6.30. The third-order valence-corrected chi connectivity index (χ3v) is 12.8. The molecular weight excluding hydrogens is 1050 g/mol. The molecule has 0 N–H and O–H groups in total. The van der Waals surface area contributed by atoms with Crippen LogP contribution in [0.5, 0.6) is 11.5 Å². The number of para-hydroxylation sites is 6. The maximum Gasteiger partial charge on any atom is 0.268 e.